The van der Waals surface area contributed by atoms with Crippen molar-refractivity contribution in [3.63, 3.8) is 0 Å². The molecule has 0 aromatic rings. The number of hydrogen-bond donors (Lipinski definition) is 3. The molecule has 0 radical (unpaired) electrons. The van der Waals surface area contributed by atoms with Crippen LogP contribution < -0.4 is 0 Å². The van der Waals surface area contributed by atoms with Crippen molar-refractivity contribution in [2.75, 3.05) is 14.2 Å². The van der Waals surface area contributed by atoms with Gasteiger partial charge in [-0.3, -0.25) is 14.4 Å². The lowest BCUT2D eigenvalue weighted by molar-refractivity contribution is -0.210. The van der Waals surface area contributed by atoms with Crippen LogP contribution in [0.25, 0.3) is 0 Å². The first-order valence-electron chi connectivity index (χ1n) is 6.50. The molecule has 0 saturated heterocycles. The molecule has 0 saturated carbocycles. The molecule has 3 N–H and O–H groups in total. The van der Waals surface area contributed by atoms with E-state index in [0.29, 0.717) is 0 Å². The van der Waals surface area contributed by atoms with Crippen molar-refractivity contribution in [2.45, 2.75) is 25.9 Å². The Morgan fingerprint density at radius 3 is 1.71 bits per heavy atom. The van der Waals surface area contributed by atoms with Crippen LogP contribution in [0.3, 0.4) is 0 Å². The lowest BCUT2D eigenvalue weighted by atomic mass is 9.64. The van der Waals surface area contributed by atoms with Crippen molar-refractivity contribution in [2.24, 2.45) is 11.3 Å². The van der Waals surface area contributed by atoms with Gasteiger partial charge in [-0.15, -0.1) is 0 Å². The summed E-state index contributed by atoms with van der Waals surface area (Å²) >= 11 is 0. The zero-order valence-electron chi connectivity index (χ0n) is 13.4. The third kappa shape index (κ3) is 3.24. The van der Waals surface area contributed by atoms with Gasteiger partial charge in [0.2, 0.25) is 5.92 Å². The smallest absolute Gasteiger partial charge is 0.481 e. The van der Waals surface area contributed by atoms with Gasteiger partial charge in [0, 0.05) is 0 Å². The van der Waals surface area contributed by atoms with Gasteiger partial charge in [-0.1, -0.05) is 6.92 Å². The number of aliphatic carboxylic acids is 3. The van der Waals surface area contributed by atoms with E-state index in [1.165, 1.54) is 6.92 Å². The molecule has 136 valence electrons. The molecule has 0 bridgehead atoms. The number of carbonyl (C=O) groups is 5. The minimum atomic E-state index is -3.32. The monoisotopic (exact) mass is 350 g/mol. The van der Waals surface area contributed by atoms with Gasteiger partial charge in [-0.25, -0.2) is 9.59 Å². The van der Waals surface area contributed by atoms with Crippen molar-refractivity contribution >= 4 is 30.0 Å². The van der Waals surface area contributed by atoms with Crippen molar-refractivity contribution in [3.05, 3.63) is 0 Å². The Morgan fingerprint density at radius 1 is 0.958 bits per heavy atom. The van der Waals surface area contributed by atoms with Crippen LogP contribution in [0.4, 0.5) is 4.79 Å². The molecule has 3 atom stereocenters. The van der Waals surface area contributed by atoms with E-state index < -0.39 is 53.4 Å². The van der Waals surface area contributed by atoms with Gasteiger partial charge in [-0.2, -0.15) is 0 Å². The summed E-state index contributed by atoms with van der Waals surface area (Å²) in [6, 6.07) is 0. The van der Waals surface area contributed by atoms with Gasteiger partial charge >= 0.3 is 30.0 Å². The van der Waals surface area contributed by atoms with Crippen LogP contribution in [0.5, 0.6) is 0 Å². The second kappa shape index (κ2) is 7.62. The lowest BCUT2D eigenvalue weighted by Crippen LogP contribution is -2.66. The van der Waals surface area contributed by atoms with Gasteiger partial charge < -0.3 is 29.5 Å². The van der Waals surface area contributed by atoms with Crippen molar-refractivity contribution in [1.29, 1.82) is 0 Å². The summed E-state index contributed by atoms with van der Waals surface area (Å²) in [6.45, 7) is 2.06. The zero-order chi connectivity index (χ0) is 19.3. The molecule has 0 aliphatic rings. The Bertz CT molecular complexity index is 554. The van der Waals surface area contributed by atoms with Gasteiger partial charge in [0.25, 0.3) is 5.60 Å². The van der Waals surface area contributed by atoms with Gasteiger partial charge in [-0.05, 0) is 13.3 Å². The molecule has 0 heterocycles. The van der Waals surface area contributed by atoms with Gasteiger partial charge in [0.15, 0.2) is 0 Å². The summed E-state index contributed by atoms with van der Waals surface area (Å²) in [7, 11) is 1.57. The number of carboxylic acid groups (broad SMARTS) is 3. The Morgan fingerprint density at radius 2 is 1.46 bits per heavy atom. The van der Waals surface area contributed by atoms with Crippen LogP contribution in [0.15, 0.2) is 0 Å². The van der Waals surface area contributed by atoms with E-state index in [1.54, 1.807) is 0 Å². The van der Waals surface area contributed by atoms with Crippen LogP contribution in [-0.2, 0) is 33.4 Å². The minimum absolute atomic E-state index is 0.494. The van der Waals surface area contributed by atoms with Crippen LogP contribution in [0.1, 0.15) is 20.3 Å². The first-order valence-corrected chi connectivity index (χ1v) is 6.50. The zero-order valence-corrected chi connectivity index (χ0v) is 13.4. The van der Waals surface area contributed by atoms with E-state index in [2.05, 4.69) is 14.2 Å². The van der Waals surface area contributed by atoms with E-state index in [9.17, 15) is 39.3 Å². The molecule has 24 heavy (non-hydrogen) atoms. The third-order valence-electron chi connectivity index (χ3n) is 3.82. The standard InChI is InChI=1S/C13H18O11/c1-5-12(2,9(17)18)13(10(19)20,24-11(21)23-4)6(7(14)15)8(16)22-3/h6H,5H2,1-4H3,(H,14,15)(H,17,18)(H,19,20). The molecule has 0 aromatic carbocycles. The molecule has 3 unspecified atom stereocenters. The summed E-state index contributed by atoms with van der Waals surface area (Å²) in [4.78, 5) is 58.4. The quantitative estimate of drug-likeness (QED) is 0.396. The van der Waals surface area contributed by atoms with Gasteiger partial charge in [0.05, 0.1) is 14.2 Å². The Labute approximate surface area is 136 Å². The number of carbonyl (C=O) groups excluding carboxylic acids is 2. The van der Waals surface area contributed by atoms with Crippen molar-refractivity contribution in [3.8, 4) is 0 Å². The average molecular weight is 350 g/mol. The number of ether oxygens (including phenoxy) is 3. The van der Waals surface area contributed by atoms with E-state index in [4.69, 9.17) is 0 Å². The summed E-state index contributed by atoms with van der Waals surface area (Å²) < 4.78 is 13.0. The molecule has 0 aliphatic carbocycles. The summed E-state index contributed by atoms with van der Waals surface area (Å²) in [6.07, 6.45) is -2.17. The maximum atomic E-state index is 11.9. The number of hydrogen-bond acceptors (Lipinski definition) is 8. The summed E-state index contributed by atoms with van der Waals surface area (Å²) in [5, 5.41) is 28.3. The molecule has 0 fully saturated rings. The normalized spacial score (nSPS) is 16.7. The van der Waals surface area contributed by atoms with Crippen LogP contribution in [0.2, 0.25) is 0 Å². The van der Waals surface area contributed by atoms with Crippen molar-refractivity contribution < 1.29 is 53.5 Å². The largest absolute Gasteiger partial charge is 0.509 e. The molecule has 0 spiro atoms. The first kappa shape index (κ1) is 21.1. The fourth-order valence-corrected chi connectivity index (χ4v) is 2.20. The van der Waals surface area contributed by atoms with Crippen LogP contribution >= 0.6 is 0 Å². The maximum absolute atomic E-state index is 11.9. The van der Waals surface area contributed by atoms with Crippen LogP contribution in [0, 0.1) is 11.3 Å². The number of methoxy groups -OCH3 is 2. The predicted molar refractivity (Wildman–Crippen MR) is 73.0 cm³/mol. The minimum Gasteiger partial charge on any atom is -0.481 e. The van der Waals surface area contributed by atoms with Gasteiger partial charge in [0.1, 0.15) is 5.41 Å². The van der Waals surface area contributed by atoms with E-state index in [0.717, 1.165) is 21.1 Å². The highest BCUT2D eigenvalue weighted by Crippen LogP contribution is 2.45. The Balaban J connectivity index is 6.89. The molecular formula is C13H18O11. The number of esters is 1. The highest BCUT2D eigenvalue weighted by Gasteiger charge is 2.70. The SMILES string of the molecule is CCC(C)(C(=O)O)C(OC(=O)OC)(C(=O)O)C(C(=O)O)C(=O)OC. The van der Waals surface area contributed by atoms with E-state index >= 15 is 0 Å². The molecule has 0 amide bonds. The topological polar surface area (TPSA) is 174 Å². The Hall–Kier alpha value is -2.85. The average Bonchev–Trinajstić information content (AvgIpc) is 2.51. The van der Waals surface area contributed by atoms with Crippen molar-refractivity contribution in [1.82, 2.24) is 0 Å². The third-order valence-corrected chi connectivity index (χ3v) is 3.82. The molecule has 0 aliphatic heterocycles. The predicted octanol–water partition coefficient (Wildman–Crippen LogP) is -0.0325. The molecule has 11 nitrogen and oxygen atoms in total. The molecule has 0 aromatic heterocycles. The van der Waals surface area contributed by atoms with E-state index in [-0.39, 0.29) is 0 Å². The first-order chi connectivity index (χ1) is 11.0. The van der Waals surface area contributed by atoms with E-state index in [1.807, 2.05) is 0 Å². The lowest BCUT2D eigenvalue weighted by Gasteiger charge is -2.42. The summed E-state index contributed by atoms with van der Waals surface area (Å²) in [5.41, 5.74) is -5.82. The second-order valence-electron chi connectivity index (χ2n) is 4.88. The molecule has 0 rings (SSSR count). The fraction of sp³-hybridized carbons (Fsp3) is 0.615. The highest BCUT2D eigenvalue weighted by atomic mass is 16.7. The second-order valence-corrected chi connectivity index (χ2v) is 4.88. The summed E-state index contributed by atoms with van der Waals surface area (Å²) in [5.74, 6) is -10.3. The maximum Gasteiger partial charge on any atom is 0.509 e. The fourth-order valence-electron chi connectivity index (χ4n) is 2.20. The molecule has 11 heteroatoms. The Kier molecular flexibility index (Phi) is 6.71. The molecular weight excluding hydrogens is 332 g/mol. The number of carboxylic acids is 3. The highest BCUT2D eigenvalue weighted by molar-refractivity contribution is 6.04. The number of rotatable bonds is 8. The van der Waals surface area contributed by atoms with Crippen LogP contribution in [-0.4, -0.2) is 65.2 Å².